The van der Waals surface area contributed by atoms with Gasteiger partial charge >= 0.3 is 0 Å². The fourth-order valence-electron chi connectivity index (χ4n) is 19.2. The van der Waals surface area contributed by atoms with E-state index in [1.54, 1.807) is 6.07 Å². The van der Waals surface area contributed by atoms with Crippen molar-refractivity contribution in [2.75, 3.05) is 0 Å². The fourth-order valence-corrected chi connectivity index (χ4v) is 19.2. The van der Waals surface area contributed by atoms with Crippen LogP contribution in [0.3, 0.4) is 0 Å². The monoisotopic (exact) mass is 2480 g/mol. The number of pyridine rings is 2. The summed E-state index contributed by atoms with van der Waals surface area (Å²) in [7, 11) is 0. The van der Waals surface area contributed by atoms with Crippen molar-refractivity contribution in [2.45, 2.75) is 205 Å². The fraction of sp³-hybridized carbons (Fsp3) is 0.256. The first-order chi connectivity index (χ1) is 63.6. The number of aromatic nitrogens is 8. The van der Waals surface area contributed by atoms with Crippen molar-refractivity contribution in [3.8, 4) is 90.0 Å². The number of unbranched alkanes of at least 4 members (excludes halogenated alkanes) is 11. The Labute approximate surface area is 847 Å². The Morgan fingerprint density at radius 3 is 1.37 bits per heavy atom. The third-order valence-corrected chi connectivity index (χ3v) is 25.7. The van der Waals surface area contributed by atoms with E-state index in [0.29, 0.717) is 0 Å². The average molecular weight is 2480 g/mol. The molecule has 0 amide bonds. The molecule has 19 rings (SSSR count). The third-order valence-electron chi connectivity index (χ3n) is 25.7. The molecule has 19 aromatic rings. The van der Waals surface area contributed by atoms with Gasteiger partial charge in [-0.1, -0.05) is 292 Å². The van der Waals surface area contributed by atoms with Gasteiger partial charge in [-0.3, -0.25) is 24.3 Å². The molecule has 4 radical (unpaired) electrons. The Balaban J connectivity index is 0.000000161. The van der Waals surface area contributed by atoms with Gasteiger partial charge < -0.3 is 17.9 Å². The second kappa shape index (κ2) is 48.6. The van der Waals surface area contributed by atoms with E-state index in [-0.39, 0.29) is 86.2 Å². The van der Waals surface area contributed by atoms with Crippen LogP contribution in [-0.4, -0.2) is 37.9 Å². The molecule has 134 heavy (non-hydrogen) atoms. The molecule has 0 atom stereocenters. The van der Waals surface area contributed by atoms with E-state index in [9.17, 15) is 4.39 Å². The Morgan fingerprint density at radius 2 is 0.813 bits per heavy atom. The van der Waals surface area contributed by atoms with Crippen molar-refractivity contribution in [3.63, 3.8) is 0 Å². The number of halogens is 1. The van der Waals surface area contributed by atoms with E-state index < -0.39 is 0 Å². The van der Waals surface area contributed by atoms with E-state index in [2.05, 4.69) is 361 Å². The van der Waals surface area contributed by atoms with Crippen LogP contribution < -0.4 is 0 Å². The predicted octanol–water partition coefficient (Wildman–Crippen LogP) is 32.6. The zero-order valence-corrected chi connectivity index (χ0v) is 88.9. The first-order valence-corrected chi connectivity index (χ1v) is 47.4. The van der Waals surface area contributed by atoms with Crippen LogP contribution in [0.5, 0.6) is 0 Å². The molecular weight excluding hydrogens is 2350 g/mol. The molecule has 8 nitrogen and oxygen atoms in total. The summed E-state index contributed by atoms with van der Waals surface area (Å²) in [4.78, 5) is 19.5. The summed E-state index contributed by atoms with van der Waals surface area (Å²) in [6.45, 7) is 26.6. The molecule has 13 heteroatoms. The van der Waals surface area contributed by atoms with Crippen molar-refractivity contribution >= 4 is 54.6 Å². The van der Waals surface area contributed by atoms with Crippen LogP contribution in [0.4, 0.5) is 4.39 Å². The molecule has 0 aliphatic rings. The molecule has 692 valence electrons. The van der Waals surface area contributed by atoms with Crippen molar-refractivity contribution in [3.05, 3.63) is 383 Å². The van der Waals surface area contributed by atoms with Crippen LogP contribution >= 0.6 is 0 Å². The summed E-state index contributed by atoms with van der Waals surface area (Å²) >= 11 is 0. The standard InChI is InChI=1S/C37H39N2.C34H31N2.C29H31N2.C21H20FN2.4Ir/c1-6-7-8-10-16-30-19-21-32(22-20-30)37-38-25-34(35-26(2)14-13-15-27(35)3)39(37)36-28(4)23-33(24-29(36)5)31-17-11-9-12-18-31;1-4-5-7-12-25-17-18-31-30(21-25)28-15-10-11-16-29(28)34-35-22-32(36(31)34)33-23(2)19-27(20-24(33)3)26-13-8-6-9-14-26;1-4-5-6-8-11-24-14-16-26(17-15-24)29-30-18-19-31(29)28-22(2)20-27(21-23(28)3)25-12-9-7-10-13-25;1-2-3-4-5-8-16-14-24-20-10-7-6-9-17(20)19-13-15(22)11-12-18(19)21(24)23-16;;;;/h9,11-15,17-21,23-25H,6-8,10,16H2,1-5H3;6,8-11,13-15,17-22H,4-5,7,12H2,1-3H3;7,9-10,12-16,18-21H,4-6,8,11H2,1-3H3;6-7,9-11,13-14H,2-5,8H2,1H3;;;;/q4*-1;;;;. The Kier molecular flexibility index (Phi) is 37.1. The van der Waals surface area contributed by atoms with Crippen molar-refractivity contribution in [1.82, 2.24) is 37.9 Å². The minimum absolute atomic E-state index is 0. The van der Waals surface area contributed by atoms with Gasteiger partial charge in [-0.2, -0.15) is 0 Å². The second-order valence-electron chi connectivity index (χ2n) is 35.5. The summed E-state index contributed by atoms with van der Waals surface area (Å²) in [6, 6.07) is 103. The van der Waals surface area contributed by atoms with E-state index in [0.717, 1.165) is 110 Å². The van der Waals surface area contributed by atoms with Gasteiger partial charge in [-0.15, -0.1) is 119 Å². The molecule has 0 bridgehead atoms. The van der Waals surface area contributed by atoms with E-state index in [4.69, 9.17) is 15.0 Å². The third kappa shape index (κ3) is 23.3. The van der Waals surface area contributed by atoms with Crippen molar-refractivity contribution in [2.24, 2.45) is 0 Å². The van der Waals surface area contributed by atoms with Crippen LogP contribution in [0.15, 0.2) is 286 Å². The molecule has 0 fully saturated rings. The predicted molar refractivity (Wildman–Crippen MR) is 546 cm³/mol. The molecule has 0 saturated heterocycles. The normalized spacial score (nSPS) is 11.1. The van der Waals surface area contributed by atoms with Gasteiger partial charge in [0.1, 0.15) is 0 Å². The maximum absolute atomic E-state index is 13.8. The van der Waals surface area contributed by atoms with E-state index >= 15 is 0 Å². The molecular formula is C121H121FIr4N8-4. The summed E-state index contributed by atoms with van der Waals surface area (Å²) in [5, 5.41) is 6.38. The number of para-hydroxylation sites is 1. The summed E-state index contributed by atoms with van der Waals surface area (Å²) in [5.74, 6) is 1.61. The summed E-state index contributed by atoms with van der Waals surface area (Å²) < 4.78 is 22.8. The maximum Gasteiger partial charge on any atom is 0.0639 e. The molecule has 6 heterocycles. The Morgan fingerprint density at radius 1 is 0.336 bits per heavy atom. The smallest absolute Gasteiger partial charge is 0.0639 e. The molecule has 0 spiro atoms. The van der Waals surface area contributed by atoms with Crippen LogP contribution in [0.1, 0.15) is 191 Å². The number of imidazole rings is 4. The molecule has 0 unspecified atom stereocenters. The van der Waals surface area contributed by atoms with E-state index in [1.807, 2.05) is 42.9 Å². The second-order valence-corrected chi connectivity index (χ2v) is 35.5. The zero-order valence-electron chi connectivity index (χ0n) is 79.4. The van der Waals surface area contributed by atoms with Gasteiger partial charge in [0, 0.05) is 156 Å². The number of nitrogens with zero attached hydrogens (tertiary/aromatic N) is 8. The molecule has 0 N–H and O–H groups in total. The number of hydrogen-bond acceptors (Lipinski definition) is 4. The first-order valence-electron chi connectivity index (χ1n) is 47.4. The number of aryl methyl sites for hydroxylation is 12. The van der Waals surface area contributed by atoms with Crippen molar-refractivity contribution in [1.29, 1.82) is 0 Å². The minimum atomic E-state index is -0.261. The molecule has 0 aliphatic heterocycles. The van der Waals surface area contributed by atoms with Crippen LogP contribution in [0.25, 0.3) is 145 Å². The summed E-state index contributed by atoms with van der Waals surface area (Å²) in [5.41, 5.74) is 36.0. The van der Waals surface area contributed by atoms with Gasteiger partial charge in [-0.05, 0) is 212 Å². The van der Waals surface area contributed by atoms with Gasteiger partial charge in [0.25, 0.3) is 0 Å². The Hall–Kier alpha value is -10.8. The van der Waals surface area contributed by atoms with Gasteiger partial charge in [0.05, 0.1) is 34.3 Å². The largest absolute Gasteiger partial charge is 0.340 e. The SMILES string of the molecule is CCCCCCc1c[c-]c(-c2ncc(-c3c(C)cccc3C)n2-c2c(C)cc(-c3ccccc3)cc2C)cc1.CCCCCCc1c[c-]c(-c2nccn2-c2c(C)cc(-c3ccccc3)cc2C)cc1.CCCCCCc1cn2c3ccccc3c3cc(F)c[c-]c3c2n1.CCCCCc1ccc2c(c1)c1ccc[c-]c1c1ncc(-c3c(C)cc(-c4ccccc4)cc3C)n21.[Ir].[Ir].[Ir].[Ir]. The number of rotatable bonds is 28. The Bertz CT molecular complexity index is 7020. The molecule has 6 aromatic heterocycles. The average Bonchev–Trinajstić information content (AvgIpc) is 1.54. The summed E-state index contributed by atoms with van der Waals surface area (Å²) in [6.07, 6.45) is 33.4. The number of hydrogen-bond donors (Lipinski definition) is 0. The molecule has 13 aromatic carbocycles. The van der Waals surface area contributed by atoms with Gasteiger partial charge in [0.15, 0.2) is 0 Å². The molecule has 0 aliphatic carbocycles. The molecule has 0 saturated carbocycles. The number of benzene rings is 13. The quantitative estimate of drug-likeness (QED) is 0.0278. The zero-order chi connectivity index (χ0) is 90.2. The topological polar surface area (TPSA) is 70.2 Å². The van der Waals surface area contributed by atoms with E-state index in [1.165, 1.54) is 229 Å². The van der Waals surface area contributed by atoms with Crippen LogP contribution in [0.2, 0.25) is 0 Å². The van der Waals surface area contributed by atoms with Crippen LogP contribution in [0, 0.1) is 85.5 Å². The maximum atomic E-state index is 13.8. The van der Waals surface area contributed by atoms with Crippen molar-refractivity contribution < 1.29 is 84.8 Å². The number of fused-ring (bicyclic) bond motifs is 12. The van der Waals surface area contributed by atoms with Crippen LogP contribution in [-0.2, 0) is 106 Å². The van der Waals surface area contributed by atoms with Gasteiger partial charge in [-0.25, -0.2) is 0 Å². The van der Waals surface area contributed by atoms with Gasteiger partial charge in [0.2, 0.25) is 0 Å². The minimum Gasteiger partial charge on any atom is -0.340 e. The first kappa shape index (κ1) is 102.